The molecule has 37 heavy (non-hydrogen) atoms. The van der Waals surface area contributed by atoms with Crippen LogP contribution in [0.15, 0.2) is 48.6 Å². The molecule has 0 aliphatic rings. The molecule has 0 atom stereocenters. The van der Waals surface area contributed by atoms with Crippen molar-refractivity contribution in [2.75, 3.05) is 52.6 Å². The van der Waals surface area contributed by atoms with Gasteiger partial charge in [0.05, 0.1) is 6.42 Å². The fourth-order valence-corrected chi connectivity index (χ4v) is 3.06. The molecular weight excluding hydrogens is 476 g/mol. The summed E-state index contributed by atoms with van der Waals surface area (Å²) in [5.41, 5.74) is 23.4. The number of allylic oxidation sites excluding steroid dienone is 2. The van der Waals surface area contributed by atoms with Gasteiger partial charge >= 0.3 is 0 Å². The molecule has 0 bridgehead atoms. The van der Waals surface area contributed by atoms with E-state index in [1.165, 1.54) is 12.2 Å². The van der Waals surface area contributed by atoms with Crippen LogP contribution in [-0.4, -0.2) is 64.2 Å². The highest BCUT2D eigenvalue weighted by molar-refractivity contribution is 6.10. The highest BCUT2D eigenvalue weighted by Crippen LogP contribution is 2.30. The summed E-state index contributed by atoms with van der Waals surface area (Å²) in [6.45, 7) is 2.75. The van der Waals surface area contributed by atoms with Crippen molar-refractivity contribution in [2.45, 2.75) is 6.42 Å². The van der Waals surface area contributed by atoms with E-state index in [1.807, 2.05) is 0 Å². The van der Waals surface area contributed by atoms with E-state index in [0.717, 1.165) is 0 Å². The first-order valence-electron chi connectivity index (χ1n) is 12.0. The first-order chi connectivity index (χ1) is 18.0. The van der Waals surface area contributed by atoms with Crippen LogP contribution in [0.5, 0.6) is 23.0 Å². The van der Waals surface area contributed by atoms with Gasteiger partial charge in [-0.1, -0.05) is 24.3 Å². The van der Waals surface area contributed by atoms with Gasteiger partial charge in [0.1, 0.15) is 26.4 Å². The van der Waals surface area contributed by atoms with Crippen LogP contribution in [0.4, 0.5) is 0 Å². The maximum Gasteiger partial charge on any atom is 0.163 e. The molecule has 0 saturated carbocycles. The second-order valence-corrected chi connectivity index (χ2v) is 7.74. The minimum Gasteiger partial charge on any atom is -0.488 e. The highest BCUT2D eigenvalue weighted by atomic mass is 16.5. The second kappa shape index (κ2) is 16.9. The predicted octanol–water partition coefficient (Wildman–Crippen LogP) is 1.29. The van der Waals surface area contributed by atoms with Crippen LogP contribution in [-0.2, 0) is 9.59 Å². The third-order valence-corrected chi connectivity index (χ3v) is 4.71. The minimum absolute atomic E-state index is 0.268. The number of nitrogens with two attached hydrogens (primary N) is 4. The molecular formula is C27H36N4O6. The van der Waals surface area contributed by atoms with Crippen LogP contribution in [0.2, 0.25) is 0 Å². The number of carbonyl (C=O) groups excluding carboxylic acids is 2. The zero-order chi connectivity index (χ0) is 26.9. The van der Waals surface area contributed by atoms with E-state index >= 15 is 0 Å². The topological polar surface area (TPSA) is 175 Å². The lowest BCUT2D eigenvalue weighted by molar-refractivity contribution is -0.121. The molecule has 200 valence electrons. The van der Waals surface area contributed by atoms with Crippen molar-refractivity contribution < 1.29 is 28.5 Å². The molecule has 0 unspecified atom stereocenters. The average molecular weight is 513 g/mol. The van der Waals surface area contributed by atoms with Gasteiger partial charge in [-0.2, -0.15) is 0 Å². The van der Waals surface area contributed by atoms with E-state index in [2.05, 4.69) is 0 Å². The van der Waals surface area contributed by atoms with Gasteiger partial charge in [0, 0.05) is 26.2 Å². The number of benzene rings is 2. The average Bonchev–Trinajstić information content (AvgIpc) is 2.91. The molecule has 2 aromatic rings. The Balaban J connectivity index is 2.00. The van der Waals surface area contributed by atoms with Gasteiger partial charge in [-0.05, 0) is 47.5 Å². The van der Waals surface area contributed by atoms with Crippen LogP contribution >= 0.6 is 0 Å². The molecule has 2 rings (SSSR count). The number of ether oxygens (including phenoxy) is 4. The normalized spacial score (nSPS) is 11.1. The minimum atomic E-state index is -0.333. The summed E-state index contributed by atoms with van der Waals surface area (Å²) in [6.07, 6.45) is 5.67. The molecule has 0 aliphatic carbocycles. The van der Waals surface area contributed by atoms with Gasteiger partial charge in [-0.25, -0.2) is 0 Å². The molecule has 8 N–H and O–H groups in total. The van der Waals surface area contributed by atoms with Crippen molar-refractivity contribution >= 4 is 23.7 Å². The van der Waals surface area contributed by atoms with Crippen molar-refractivity contribution in [3.63, 3.8) is 0 Å². The quantitative estimate of drug-likeness (QED) is 0.168. The number of hydrogen-bond donors (Lipinski definition) is 4. The fraction of sp³-hybridized carbons (Fsp3) is 0.333. The van der Waals surface area contributed by atoms with E-state index in [-0.39, 0.29) is 18.0 Å². The Labute approximate surface area is 217 Å². The van der Waals surface area contributed by atoms with Crippen molar-refractivity contribution in [1.82, 2.24) is 0 Å². The smallest absolute Gasteiger partial charge is 0.163 e. The van der Waals surface area contributed by atoms with Crippen molar-refractivity contribution in [2.24, 2.45) is 22.9 Å². The third-order valence-electron chi connectivity index (χ3n) is 4.71. The number of hydrogen-bond acceptors (Lipinski definition) is 10. The third kappa shape index (κ3) is 10.8. The van der Waals surface area contributed by atoms with Gasteiger partial charge in [0.25, 0.3) is 0 Å². The summed E-state index contributed by atoms with van der Waals surface area (Å²) < 4.78 is 22.4. The molecule has 0 aromatic heterocycles. The molecule has 10 nitrogen and oxygen atoms in total. The SMILES string of the molecule is NCCOc1ccc(/C=C/C(=O)CC(=O)/C=C/c2ccc(OCCN)c(OCCN)c2)cc1OCCN. The molecule has 2 aromatic carbocycles. The summed E-state index contributed by atoms with van der Waals surface area (Å²) in [7, 11) is 0. The Kier molecular flexibility index (Phi) is 13.5. The summed E-state index contributed by atoms with van der Waals surface area (Å²) in [6, 6.07) is 10.5. The molecule has 0 heterocycles. The van der Waals surface area contributed by atoms with Gasteiger partial charge < -0.3 is 41.9 Å². The molecule has 0 amide bonds. The van der Waals surface area contributed by atoms with Gasteiger partial charge in [0.2, 0.25) is 0 Å². The van der Waals surface area contributed by atoms with Gasteiger partial charge in [0.15, 0.2) is 34.6 Å². The Hall–Kier alpha value is -3.70. The molecule has 10 heteroatoms. The monoisotopic (exact) mass is 512 g/mol. The summed E-state index contributed by atoms with van der Waals surface area (Å²) in [5, 5.41) is 0. The lowest BCUT2D eigenvalue weighted by atomic mass is 10.1. The Morgan fingerprint density at radius 2 is 0.919 bits per heavy atom. The van der Waals surface area contributed by atoms with E-state index in [4.69, 9.17) is 41.9 Å². The molecule has 0 saturated heterocycles. The predicted molar refractivity (Wildman–Crippen MR) is 144 cm³/mol. The molecule has 0 fully saturated rings. The van der Waals surface area contributed by atoms with Crippen LogP contribution in [0.1, 0.15) is 17.5 Å². The number of ketones is 2. The zero-order valence-corrected chi connectivity index (χ0v) is 20.9. The van der Waals surface area contributed by atoms with Gasteiger partial charge in [-0.15, -0.1) is 0 Å². The van der Waals surface area contributed by atoms with E-state index in [9.17, 15) is 9.59 Å². The first-order valence-corrected chi connectivity index (χ1v) is 12.0. The van der Waals surface area contributed by atoms with E-state index < -0.39 is 0 Å². The molecule has 0 radical (unpaired) electrons. The van der Waals surface area contributed by atoms with Crippen LogP contribution in [0.3, 0.4) is 0 Å². The lowest BCUT2D eigenvalue weighted by Gasteiger charge is -2.12. The fourth-order valence-electron chi connectivity index (χ4n) is 3.06. The van der Waals surface area contributed by atoms with Gasteiger partial charge in [-0.3, -0.25) is 9.59 Å². The van der Waals surface area contributed by atoms with E-state index in [1.54, 1.807) is 48.6 Å². The second-order valence-electron chi connectivity index (χ2n) is 7.74. The Morgan fingerprint density at radius 1 is 0.568 bits per heavy atom. The maximum atomic E-state index is 12.3. The van der Waals surface area contributed by atoms with Crippen molar-refractivity contribution in [3.8, 4) is 23.0 Å². The van der Waals surface area contributed by atoms with Crippen LogP contribution in [0.25, 0.3) is 12.2 Å². The maximum absolute atomic E-state index is 12.3. The summed E-state index contributed by atoms with van der Waals surface area (Å²) >= 11 is 0. The van der Waals surface area contributed by atoms with Crippen molar-refractivity contribution in [1.29, 1.82) is 0 Å². The molecule has 0 aliphatic heterocycles. The Bertz CT molecular complexity index is 987. The number of carbonyl (C=O) groups is 2. The summed E-state index contributed by atoms with van der Waals surface area (Å²) in [5.74, 6) is 1.42. The lowest BCUT2D eigenvalue weighted by Crippen LogP contribution is -2.13. The van der Waals surface area contributed by atoms with Crippen LogP contribution < -0.4 is 41.9 Å². The Morgan fingerprint density at radius 3 is 1.27 bits per heavy atom. The summed E-state index contributed by atoms with van der Waals surface area (Å²) in [4.78, 5) is 24.7. The van der Waals surface area contributed by atoms with Crippen molar-refractivity contribution in [3.05, 3.63) is 59.7 Å². The zero-order valence-electron chi connectivity index (χ0n) is 20.9. The first kappa shape index (κ1) is 29.5. The number of rotatable bonds is 18. The molecule has 0 spiro atoms. The largest absolute Gasteiger partial charge is 0.488 e. The van der Waals surface area contributed by atoms with E-state index in [0.29, 0.717) is 86.7 Å². The highest BCUT2D eigenvalue weighted by Gasteiger charge is 2.09. The van der Waals surface area contributed by atoms with Crippen LogP contribution in [0, 0.1) is 0 Å². The standard InChI is InChI=1S/C27H36N4O6/c28-9-13-34-24-7-3-20(17-26(24)36-15-11-30)1-5-22(32)19-23(33)6-2-21-4-8-25(35-14-10-29)27(18-21)37-16-12-31/h1-8,17-18H,9-16,19,28-31H2/b5-1+,6-2+.